The third-order valence-corrected chi connectivity index (χ3v) is 9.82. The van der Waals surface area contributed by atoms with Gasteiger partial charge in [0.1, 0.15) is 0 Å². The molecule has 4 aromatic rings. The molecule has 0 amide bonds. The van der Waals surface area contributed by atoms with Crippen LogP contribution in [0.3, 0.4) is 0 Å². The fourth-order valence-electron chi connectivity index (χ4n) is 4.19. The van der Waals surface area contributed by atoms with Gasteiger partial charge in [-0.2, -0.15) is 0 Å². The average molecular weight is 428 g/mol. The maximum absolute atomic E-state index is 4.96. The summed E-state index contributed by atoms with van der Waals surface area (Å²) in [7, 11) is 0. The number of fused-ring (bicyclic) bond motifs is 3. The van der Waals surface area contributed by atoms with Gasteiger partial charge in [-0.3, -0.25) is 0 Å². The van der Waals surface area contributed by atoms with E-state index in [-0.39, 0.29) is 0 Å². The third-order valence-electron chi connectivity index (χ3n) is 5.49. The van der Waals surface area contributed by atoms with Gasteiger partial charge in [0.25, 0.3) is 0 Å². The fraction of sp³-hybridized carbons (Fsp3) is 0.269. The van der Waals surface area contributed by atoms with Gasteiger partial charge >= 0.3 is 171 Å². The molecule has 0 saturated heterocycles. The Bertz CT molecular complexity index is 1150. The Morgan fingerprint density at radius 1 is 0.821 bits per heavy atom. The Hall–Kier alpha value is -2.13. The van der Waals surface area contributed by atoms with E-state index in [0.29, 0.717) is 5.92 Å². The molecule has 1 heterocycles. The predicted molar refractivity (Wildman–Crippen MR) is 126 cm³/mol. The molecule has 0 radical (unpaired) electrons. The summed E-state index contributed by atoms with van der Waals surface area (Å²) >= 11 is -1.95. The van der Waals surface area contributed by atoms with Crippen molar-refractivity contribution in [1.29, 1.82) is 0 Å². The molecule has 142 valence electrons. The van der Waals surface area contributed by atoms with Gasteiger partial charge in [-0.05, 0) is 0 Å². The molecule has 0 N–H and O–H groups in total. The van der Waals surface area contributed by atoms with Crippen molar-refractivity contribution in [1.82, 2.24) is 4.98 Å². The van der Waals surface area contributed by atoms with E-state index >= 15 is 0 Å². The molecular weight excluding hydrogens is 399 g/mol. The van der Waals surface area contributed by atoms with E-state index in [9.17, 15) is 0 Å². The van der Waals surface area contributed by atoms with Gasteiger partial charge in [0.15, 0.2) is 0 Å². The summed E-state index contributed by atoms with van der Waals surface area (Å²) in [6.07, 6.45) is 3.31. The van der Waals surface area contributed by atoms with Crippen LogP contribution in [0.2, 0.25) is 17.3 Å². The number of pyridine rings is 1. The standard InChI is InChI=1S/C26H29GeN/c1-18(2)15-20-16-26(28-17-25(20)27(3,4)5)24-12-8-11-22-21-10-7-6-9-19(21)13-14-23(22)24/h6-14,16-18H,15H2,1-5H3. The van der Waals surface area contributed by atoms with Crippen molar-refractivity contribution >= 4 is 39.2 Å². The molecule has 4 rings (SSSR count). The Labute approximate surface area is 171 Å². The molecule has 0 aliphatic rings. The first-order valence-electron chi connectivity index (χ1n) is 10.2. The number of aromatic nitrogens is 1. The Morgan fingerprint density at radius 3 is 2.32 bits per heavy atom. The normalized spacial score (nSPS) is 12.2. The SMILES string of the molecule is CC(C)Cc1cc(-c2cccc3c2ccc2ccccc23)nc[c]1[Ge]([CH3])([CH3])[CH3]. The minimum absolute atomic E-state index is 0.648. The van der Waals surface area contributed by atoms with Crippen LogP contribution in [-0.4, -0.2) is 18.3 Å². The number of hydrogen-bond acceptors (Lipinski definition) is 1. The van der Waals surface area contributed by atoms with E-state index in [4.69, 9.17) is 4.98 Å². The van der Waals surface area contributed by atoms with E-state index in [1.165, 1.54) is 32.7 Å². The van der Waals surface area contributed by atoms with Crippen molar-refractivity contribution in [2.24, 2.45) is 5.92 Å². The van der Waals surface area contributed by atoms with Crippen LogP contribution in [0.25, 0.3) is 32.8 Å². The van der Waals surface area contributed by atoms with Gasteiger partial charge in [0.2, 0.25) is 0 Å². The van der Waals surface area contributed by atoms with Crippen molar-refractivity contribution in [3.63, 3.8) is 0 Å². The number of benzene rings is 3. The summed E-state index contributed by atoms with van der Waals surface area (Å²) in [5, 5.41) is 5.19. The monoisotopic (exact) mass is 429 g/mol. The predicted octanol–water partition coefficient (Wildman–Crippen LogP) is 6.80. The van der Waals surface area contributed by atoms with Crippen LogP contribution in [0.15, 0.2) is 66.9 Å². The molecular formula is C26H29GeN. The molecule has 1 aromatic heterocycles. The summed E-state index contributed by atoms with van der Waals surface area (Å²) < 4.78 is 1.54. The van der Waals surface area contributed by atoms with Crippen LogP contribution in [0, 0.1) is 5.92 Å². The fourth-order valence-corrected chi connectivity index (χ4v) is 7.53. The van der Waals surface area contributed by atoms with Crippen LogP contribution >= 0.6 is 0 Å². The molecule has 0 aliphatic heterocycles. The average Bonchev–Trinajstić information content (AvgIpc) is 2.66. The van der Waals surface area contributed by atoms with E-state index in [1.54, 1.807) is 4.40 Å². The summed E-state index contributed by atoms with van der Waals surface area (Å²) in [4.78, 5) is 4.96. The summed E-state index contributed by atoms with van der Waals surface area (Å²) in [5.74, 6) is 8.04. The maximum atomic E-state index is 4.96. The Kier molecular flexibility index (Phi) is 5.05. The van der Waals surface area contributed by atoms with Crippen LogP contribution < -0.4 is 4.40 Å². The van der Waals surface area contributed by atoms with Crippen molar-refractivity contribution in [2.45, 2.75) is 37.5 Å². The van der Waals surface area contributed by atoms with Gasteiger partial charge in [0.05, 0.1) is 0 Å². The first-order chi connectivity index (χ1) is 13.3. The molecule has 0 aliphatic carbocycles. The molecule has 28 heavy (non-hydrogen) atoms. The second-order valence-electron chi connectivity index (χ2n) is 9.26. The molecule has 3 aromatic carbocycles. The zero-order chi connectivity index (χ0) is 19.9. The summed E-state index contributed by atoms with van der Waals surface area (Å²) in [6, 6.07) is 22.1. The molecule has 0 fully saturated rings. The van der Waals surface area contributed by atoms with Crippen LogP contribution in [0.1, 0.15) is 19.4 Å². The number of nitrogens with zero attached hydrogens (tertiary/aromatic N) is 1. The van der Waals surface area contributed by atoms with Gasteiger partial charge in [-0.25, -0.2) is 0 Å². The minimum atomic E-state index is -1.95. The second kappa shape index (κ2) is 7.36. The van der Waals surface area contributed by atoms with E-state index in [2.05, 4.69) is 98.0 Å². The topological polar surface area (TPSA) is 12.9 Å². The van der Waals surface area contributed by atoms with Gasteiger partial charge < -0.3 is 0 Å². The quantitative estimate of drug-likeness (QED) is 0.258. The first-order valence-corrected chi connectivity index (χ1v) is 17.6. The zero-order valence-electron chi connectivity index (χ0n) is 17.6. The van der Waals surface area contributed by atoms with Gasteiger partial charge in [-0.1, -0.05) is 0 Å². The van der Waals surface area contributed by atoms with Crippen molar-refractivity contribution in [2.75, 3.05) is 0 Å². The zero-order valence-corrected chi connectivity index (χ0v) is 19.7. The molecule has 0 spiro atoms. The Morgan fingerprint density at radius 2 is 1.57 bits per heavy atom. The molecule has 2 heteroatoms. The van der Waals surface area contributed by atoms with Crippen LogP contribution in [-0.2, 0) is 6.42 Å². The molecule has 1 nitrogen and oxygen atoms in total. The van der Waals surface area contributed by atoms with Gasteiger partial charge in [-0.15, -0.1) is 0 Å². The summed E-state index contributed by atoms with van der Waals surface area (Å²) in [6.45, 7) is 4.62. The van der Waals surface area contributed by atoms with E-state index < -0.39 is 13.3 Å². The van der Waals surface area contributed by atoms with Crippen LogP contribution in [0.4, 0.5) is 0 Å². The number of hydrogen-bond donors (Lipinski definition) is 0. The van der Waals surface area contributed by atoms with Crippen molar-refractivity contribution in [3.8, 4) is 11.3 Å². The molecule has 0 atom stereocenters. The molecule has 0 bridgehead atoms. The molecule has 0 saturated carbocycles. The number of rotatable bonds is 4. The third kappa shape index (κ3) is 3.60. The van der Waals surface area contributed by atoms with Gasteiger partial charge in [0, 0.05) is 0 Å². The van der Waals surface area contributed by atoms with E-state index in [1.807, 2.05) is 0 Å². The van der Waals surface area contributed by atoms with Crippen molar-refractivity contribution < 1.29 is 0 Å². The van der Waals surface area contributed by atoms with Crippen molar-refractivity contribution in [3.05, 3.63) is 72.4 Å². The van der Waals surface area contributed by atoms with E-state index in [0.717, 1.165) is 12.1 Å². The summed E-state index contributed by atoms with van der Waals surface area (Å²) in [5.41, 5.74) is 3.85. The first kappa shape index (κ1) is 19.2. The van der Waals surface area contributed by atoms with Crippen LogP contribution in [0.5, 0.6) is 0 Å². The second-order valence-corrected chi connectivity index (χ2v) is 19.8. The Balaban J connectivity index is 1.94. The molecule has 0 unspecified atom stereocenters.